The lowest BCUT2D eigenvalue weighted by molar-refractivity contribution is -0.137. The number of anilines is 1. The van der Waals surface area contributed by atoms with Crippen LogP contribution in [0.4, 0.5) is 5.69 Å². The van der Waals surface area contributed by atoms with Crippen molar-refractivity contribution in [1.29, 1.82) is 0 Å². The number of nitrogens with one attached hydrogen (secondary N) is 3. The first-order valence-electron chi connectivity index (χ1n) is 14.3. The van der Waals surface area contributed by atoms with Gasteiger partial charge in [-0.25, -0.2) is 0 Å². The van der Waals surface area contributed by atoms with Crippen LogP contribution < -0.4 is 16.0 Å². The fourth-order valence-corrected chi connectivity index (χ4v) is 4.97. The Kier molecular flexibility index (Phi) is 12.5. The van der Waals surface area contributed by atoms with Gasteiger partial charge in [-0.1, -0.05) is 6.07 Å². The highest BCUT2D eigenvalue weighted by molar-refractivity contribution is 6.06. The zero-order valence-electron chi connectivity index (χ0n) is 23.5. The quantitative estimate of drug-likeness (QED) is 0.168. The Labute approximate surface area is 240 Å². The number of piperidine rings is 1. The monoisotopic (exact) mass is 575 g/mol. The van der Waals surface area contributed by atoms with E-state index in [2.05, 4.69) is 20.9 Å². The Morgan fingerprint density at radius 3 is 2.24 bits per heavy atom. The van der Waals surface area contributed by atoms with E-state index in [1.165, 1.54) is 4.90 Å². The molecule has 1 atom stereocenters. The summed E-state index contributed by atoms with van der Waals surface area (Å²) in [4.78, 5) is 53.0. The molecule has 41 heavy (non-hydrogen) atoms. The molecule has 3 aliphatic heterocycles. The average Bonchev–Trinajstić information content (AvgIpc) is 3.30. The van der Waals surface area contributed by atoms with Crippen LogP contribution in [-0.2, 0) is 39.9 Å². The van der Waals surface area contributed by atoms with Gasteiger partial charge in [-0.3, -0.25) is 29.4 Å². The van der Waals surface area contributed by atoms with E-state index >= 15 is 0 Å². The number of carbonyl (C=O) groups excluding carboxylic acids is 4. The number of rotatable bonds is 17. The van der Waals surface area contributed by atoms with Crippen LogP contribution in [0.2, 0.25) is 0 Å². The molecule has 3 N–H and O–H groups in total. The first kappa shape index (κ1) is 31.0. The minimum Gasteiger partial charge on any atom is -0.379 e. The largest absolute Gasteiger partial charge is 0.379 e. The molecule has 4 amide bonds. The third-order valence-electron chi connectivity index (χ3n) is 7.21. The predicted octanol–water partition coefficient (Wildman–Crippen LogP) is -0.252. The summed E-state index contributed by atoms with van der Waals surface area (Å²) >= 11 is 0. The van der Waals surface area contributed by atoms with Crippen LogP contribution in [0.5, 0.6) is 0 Å². The SMILES string of the molecule is O=C1CCC(N2Cc3c(NC(=O)CCOCCOCCOCCOCCN4CCNCC4)cccc3C2=O)C(=O)N1. The Morgan fingerprint density at radius 1 is 0.902 bits per heavy atom. The summed E-state index contributed by atoms with van der Waals surface area (Å²) in [5.74, 6) is -1.33. The number of piperazine rings is 1. The van der Waals surface area contributed by atoms with Gasteiger partial charge in [0.2, 0.25) is 17.7 Å². The number of imide groups is 1. The van der Waals surface area contributed by atoms with Crippen molar-refractivity contribution in [3.8, 4) is 0 Å². The Bertz CT molecular complexity index is 1050. The second kappa shape index (κ2) is 16.5. The first-order valence-corrected chi connectivity index (χ1v) is 14.3. The van der Waals surface area contributed by atoms with E-state index in [1.54, 1.807) is 18.2 Å². The number of carbonyl (C=O) groups is 4. The van der Waals surface area contributed by atoms with Crippen molar-refractivity contribution in [1.82, 2.24) is 20.4 Å². The average molecular weight is 576 g/mol. The van der Waals surface area contributed by atoms with Crippen LogP contribution in [0.3, 0.4) is 0 Å². The van der Waals surface area contributed by atoms with Crippen LogP contribution in [0.25, 0.3) is 0 Å². The van der Waals surface area contributed by atoms with E-state index in [9.17, 15) is 19.2 Å². The van der Waals surface area contributed by atoms with Gasteiger partial charge in [0.05, 0.1) is 59.3 Å². The fraction of sp³-hybridized carbons (Fsp3) is 0.643. The molecule has 0 aliphatic carbocycles. The number of hydrogen-bond donors (Lipinski definition) is 3. The van der Waals surface area contributed by atoms with Gasteiger partial charge in [0, 0.05) is 62.5 Å². The lowest BCUT2D eigenvalue weighted by Crippen LogP contribution is -2.52. The Morgan fingerprint density at radius 2 is 1.56 bits per heavy atom. The molecule has 0 radical (unpaired) electrons. The van der Waals surface area contributed by atoms with Gasteiger partial charge < -0.3 is 34.5 Å². The van der Waals surface area contributed by atoms with E-state index in [1.807, 2.05) is 0 Å². The van der Waals surface area contributed by atoms with Crippen molar-refractivity contribution in [3.05, 3.63) is 29.3 Å². The summed E-state index contributed by atoms with van der Waals surface area (Å²) in [6.07, 6.45) is 0.616. The van der Waals surface area contributed by atoms with Crippen molar-refractivity contribution >= 4 is 29.3 Å². The van der Waals surface area contributed by atoms with Crippen molar-refractivity contribution in [3.63, 3.8) is 0 Å². The summed E-state index contributed by atoms with van der Waals surface area (Å²) in [7, 11) is 0. The predicted molar refractivity (Wildman–Crippen MR) is 148 cm³/mol. The summed E-state index contributed by atoms with van der Waals surface area (Å²) < 4.78 is 22.1. The molecular weight excluding hydrogens is 534 g/mol. The first-order chi connectivity index (χ1) is 20.0. The molecule has 1 aromatic carbocycles. The summed E-state index contributed by atoms with van der Waals surface area (Å²) in [5, 5.41) is 8.47. The second-order valence-corrected chi connectivity index (χ2v) is 10.1. The maximum atomic E-state index is 12.9. The van der Waals surface area contributed by atoms with Gasteiger partial charge in [0.1, 0.15) is 6.04 Å². The van der Waals surface area contributed by atoms with Crippen LogP contribution >= 0.6 is 0 Å². The summed E-state index contributed by atoms with van der Waals surface area (Å²) in [6.45, 7) is 9.11. The third kappa shape index (κ3) is 9.55. The number of nitrogens with zero attached hydrogens (tertiary/aromatic N) is 2. The number of benzene rings is 1. The smallest absolute Gasteiger partial charge is 0.255 e. The molecule has 0 saturated carbocycles. The summed E-state index contributed by atoms with van der Waals surface area (Å²) in [5.41, 5.74) is 1.64. The van der Waals surface area contributed by atoms with Gasteiger partial charge in [0.15, 0.2) is 0 Å². The zero-order valence-corrected chi connectivity index (χ0v) is 23.5. The molecular formula is C28H41N5O8. The molecule has 2 fully saturated rings. The highest BCUT2D eigenvalue weighted by atomic mass is 16.6. The second-order valence-electron chi connectivity index (χ2n) is 10.1. The molecule has 226 valence electrons. The lowest BCUT2D eigenvalue weighted by atomic mass is 10.0. The lowest BCUT2D eigenvalue weighted by Gasteiger charge is -2.29. The summed E-state index contributed by atoms with van der Waals surface area (Å²) in [6, 6.07) is 4.40. The number of ether oxygens (including phenoxy) is 4. The molecule has 4 rings (SSSR count). The van der Waals surface area contributed by atoms with Crippen LogP contribution in [-0.4, -0.2) is 125 Å². The minimum absolute atomic E-state index is 0.145. The maximum Gasteiger partial charge on any atom is 0.255 e. The van der Waals surface area contributed by atoms with E-state index in [0.29, 0.717) is 63.1 Å². The molecule has 13 heteroatoms. The van der Waals surface area contributed by atoms with E-state index < -0.39 is 11.9 Å². The van der Waals surface area contributed by atoms with E-state index in [4.69, 9.17) is 18.9 Å². The molecule has 3 aliphatic rings. The molecule has 3 heterocycles. The maximum absolute atomic E-state index is 12.9. The van der Waals surface area contributed by atoms with Gasteiger partial charge in [0.25, 0.3) is 5.91 Å². The van der Waals surface area contributed by atoms with Crippen LogP contribution in [0.1, 0.15) is 35.2 Å². The third-order valence-corrected chi connectivity index (χ3v) is 7.21. The van der Waals surface area contributed by atoms with E-state index in [0.717, 1.165) is 32.7 Å². The molecule has 13 nitrogen and oxygen atoms in total. The van der Waals surface area contributed by atoms with Crippen molar-refractivity contribution in [2.75, 3.05) is 90.9 Å². The molecule has 1 unspecified atom stereocenters. The van der Waals surface area contributed by atoms with Gasteiger partial charge in [-0.2, -0.15) is 0 Å². The molecule has 2 saturated heterocycles. The van der Waals surface area contributed by atoms with Gasteiger partial charge in [-0.15, -0.1) is 0 Å². The van der Waals surface area contributed by atoms with Crippen LogP contribution in [0.15, 0.2) is 18.2 Å². The van der Waals surface area contributed by atoms with Gasteiger partial charge in [-0.05, 0) is 18.6 Å². The highest BCUT2D eigenvalue weighted by Gasteiger charge is 2.39. The zero-order chi connectivity index (χ0) is 28.9. The topological polar surface area (TPSA) is 148 Å². The minimum atomic E-state index is -0.704. The molecule has 0 spiro atoms. The van der Waals surface area contributed by atoms with Gasteiger partial charge >= 0.3 is 0 Å². The van der Waals surface area contributed by atoms with Crippen molar-refractivity contribution in [2.24, 2.45) is 0 Å². The van der Waals surface area contributed by atoms with Crippen molar-refractivity contribution < 1.29 is 38.1 Å². The number of amides is 4. The Hall–Kier alpha value is -2.94. The van der Waals surface area contributed by atoms with E-state index in [-0.39, 0.29) is 50.1 Å². The van der Waals surface area contributed by atoms with Crippen molar-refractivity contribution in [2.45, 2.75) is 31.8 Å². The molecule has 0 aromatic heterocycles. The van der Waals surface area contributed by atoms with Crippen LogP contribution in [0, 0.1) is 0 Å². The standard InChI is InChI=1S/C28H41N5O8/c34-25-5-4-24(27(36)31-25)33-20-22-21(28(33)37)2-1-3-23(22)30-26(35)6-12-38-14-16-40-18-19-41-17-15-39-13-11-32-9-7-29-8-10-32/h1-3,24,29H,4-20H2,(H,30,35)(H,31,34,36). The number of fused-ring (bicyclic) bond motifs is 1. The number of hydrogen-bond acceptors (Lipinski definition) is 10. The molecule has 0 bridgehead atoms. The normalized spacial score (nSPS) is 19.4. The Balaban J connectivity index is 1.02. The fourth-order valence-electron chi connectivity index (χ4n) is 4.97. The highest BCUT2D eigenvalue weighted by Crippen LogP contribution is 2.32. The molecule has 1 aromatic rings.